The lowest BCUT2D eigenvalue weighted by atomic mass is 10.2. The Bertz CT molecular complexity index is 742. The smallest absolute Gasteiger partial charge is 0.321 e. The molecule has 0 saturated carbocycles. The lowest BCUT2D eigenvalue weighted by Crippen LogP contribution is -2.31. The van der Waals surface area contributed by atoms with Crippen molar-refractivity contribution in [1.82, 2.24) is 20.5 Å². The Kier molecular flexibility index (Phi) is 4.40. The third-order valence-corrected chi connectivity index (χ3v) is 4.52. The number of rotatable bonds is 4. The quantitative estimate of drug-likeness (QED) is 0.766. The summed E-state index contributed by atoms with van der Waals surface area (Å²) >= 11 is 2.79. The van der Waals surface area contributed by atoms with Crippen LogP contribution in [0.2, 0.25) is 0 Å². The van der Waals surface area contributed by atoms with Crippen LogP contribution in [0.1, 0.15) is 18.0 Å². The van der Waals surface area contributed by atoms with Crippen LogP contribution in [-0.4, -0.2) is 21.2 Å². The molecule has 2 amide bonds. The molecule has 2 heterocycles. The van der Waals surface area contributed by atoms with Gasteiger partial charge in [-0.15, -0.1) is 21.5 Å². The number of benzene rings is 1. The number of carbonyl (C=O) groups excluding carboxylic acids is 1. The monoisotopic (exact) mass is 331 g/mol. The Morgan fingerprint density at radius 2 is 2.05 bits per heavy atom. The number of carbonyl (C=O) groups is 1. The van der Waals surface area contributed by atoms with E-state index in [1.807, 2.05) is 42.6 Å². The molecule has 3 aromatic rings. The highest BCUT2D eigenvalue weighted by molar-refractivity contribution is 7.13. The third kappa shape index (κ3) is 3.46. The molecule has 3 rings (SSSR count). The van der Waals surface area contributed by atoms with Gasteiger partial charge in [-0.2, -0.15) is 0 Å². The molecule has 2 aromatic heterocycles. The van der Waals surface area contributed by atoms with Crippen molar-refractivity contribution >= 4 is 33.8 Å². The number of hydrogen-bond donors (Lipinski definition) is 2. The summed E-state index contributed by atoms with van der Waals surface area (Å²) in [7, 11) is 0. The predicted octanol–water partition coefficient (Wildman–Crippen LogP) is 3.54. The zero-order chi connectivity index (χ0) is 15.4. The van der Waals surface area contributed by atoms with Gasteiger partial charge < -0.3 is 5.32 Å². The van der Waals surface area contributed by atoms with E-state index in [0.717, 1.165) is 16.3 Å². The first-order chi connectivity index (χ1) is 10.7. The van der Waals surface area contributed by atoms with Crippen molar-refractivity contribution in [2.75, 3.05) is 5.32 Å². The topological polar surface area (TPSA) is 79.8 Å². The number of urea groups is 1. The summed E-state index contributed by atoms with van der Waals surface area (Å²) in [5.74, 6) is 0. The van der Waals surface area contributed by atoms with E-state index >= 15 is 0 Å². The Hall–Kier alpha value is -2.32. The zero-order valence-corrected chi connectivity index (χ0v) is 13.3. The van der Waals surface area contributed by atoms with Gasteiger partial charge in [-0.25, -0.2) is 9.78 Å². The largest absolute Gasteiger partial charge is 0.329 e. The minimum absolute atomic E-state index is 0.185. The SMILES string of the molecule is C[C@@H](NC(=O)Nc1nncs1)c1nc(-c2ccccc2)cs1. The second-order valence-corrected chi connectivity index (χ2v) is 6.22. The number of amides is 2. The first-order valence-electron chi connectivity index (χ1n) is 6.57. The van der Waals surface area contributed by atoms with Crippen LogP contribution in [0.4, 0.5) is 9.93 Å². The molecule has 6 nitrogen and oxygen atoms in total. The summed E-state index contributed by atoms with van der Waals surface area (Å²) in [6.07, 6.45) is 0. The average Bonchev–Trinajstić information content (AvgIpc) is 3.19. The van der Waals surface area contributed by atoms with Crippen molar-refractivity contribution < 1.29 is 4.79 Å². The molecule has 0 saturated heterocycles. The molecule has 8 heteroatoms. The maximum absolute atomic E-state index is 11.9. The van der Waals surface area contributed by atoms with Crippen LogP contribution < -0.4 is 10.6 Å². The fraction of sp³-hybridized carbons (Fsp3) is 0.143. The molecule has 1 aromatic carbocycles. The number of thiazole rings is 1. The number of nitrogens with one attached hydrogen (secondary N) is 2. The van der Waals surface area contributed by atoms with Gasteiger partial charge in [0, 0.05) is 10.9 Å². The lowest BCUT2D eigenvalue weighted by molar-refractivity contribution is 0.249. The number of aromatic nitrogens is 3. The van der Waals surface area contributed by atoms with Gasteiger partial charge in [-0.05, 0) is 6.92 Å². The second-order valence-electron chi connectivity index (χ2n) is 4.50. The Balaban J connectivity index is 1.64. The van der Waals surface area contributed by atoms with Gasteiger partial charge in [0.2, 0.25) is 5.13 Å². The van der Waals surface area contributed by atoms with Crippen LogP contribution in [0.15, 0.2) is 41.2 Å². The van der Waals surface area contributed by atoms with E-state index in [1.54, 1.807) is 5.51 Å². The molecule has 0 radical (unpaired) electrons. The van der Waals surface area contributed by atoms with E-state index in [-0.39, 0.29) is 12.1 Å². The first kappa shape index (κ1) is 14.6. The van der Waals surface area contributed by atoms with Crippen LogP contribution in [0.25, 0.3) is 11.3 Å². The normalized spacial score (nSPS) is 11.9. The van der Waals surface area contributed by atoms with E-state index < -0.39 is 0 Å². The summed E-state index contributed by atoms with van der Waals surface area (Å²) in [4.78, 5) is 16.4. The van der Waals surface area contributed by atoms with Gasteiger partial charge in [0.05, 0.1) is 11.7 Å². The highest BCUT2D eigenvalue weighted by atomic mass is 32.1. The Morgan fingerprint density at radius 3 is 2.77 bits per heavy atom. The molecule has 0 bridgehead atoms. The minimum atomic E-state index is -0.319. The van der Waals surface area contributed by atoms with Crippen molar-refractivity contribution in [3.05, 3.63) is 46.2 Å². The molecule has 112 valence electrons. The molecule has 0 unspecified atom stereocenters. The Labute approximate surface area is 135 Å². The maximum atomic E-state index is 11.9. The standard InChI is InChI=1S/C14H13N5OS2/c1-9(16-13(20)18-14-19-15-8-22-14)12-17-11(7-21-12)10-5-3-2-4-6-10/h2-9H,1H3,(H2,16,18,19,20)/t9-/m1/s1. The van der Waals surface area contributed by atoms with Gasteiger partial charge in [0.25, 0.3) is 0 Å². The third-order valence-electron chi connectivity index (χ3n) is 2.89. The molecule has 0 aliphatic heterocycles. The number of nitrogens with zero attached hydrogens (tertiary/aromatic N) is 3. The maximum Gasteiger partial charge on any atom is 0.321 e. The molecular formula is C14H13N5OS2. The van der Waals surface area contributed by atoms with E-state index in [0.29, 0.717) is 5.13 Å². The molecule has 22 heavy (non-hydrogen) atoms. The highest BCUT2D eigenvalue weighted by Crippen LogP contribution is 2.25. The minimum Gasteiger partial charge on any atom is -0.329 e. The summed E-state index contributed by atoms with van der Waals surface area (Å²) in [5.41, 5.74) is 3.54. The van der Waals surface area contributed by atoms with E-state index in [2.05, 4.69) is 25.8 Å². The molecule has 2 N–H and O–H groups in total. The van der Waals surface area contributed by atoms with Crippen molar-refractivity contribution in [1.29, 1.82) is 0 Å². The number of anilines is 1. The van der Waals surface area contributed by atoms with Gasteiger partial charge >= 0.3 is 6.03 Å². The molecular weight excluding hydrogens is 318 g/mol. The van der Waals surface area contributed by atoms with Gasteiger partial charge in [0.1, 0.15) is 10.5 Å². The van der Waals surface area contributed by atoms with Crippen LogP contribution >= 0.6 is 22.7 Å². The average molecular weight is 331 g/mol. The Morgan fingerprint density at radius 1 is 1.23 bits per heavy atom. The molecule has 0 spiro atoms. The van der Waals surface area contributed by atoms with Gasteiger partial charge in [-0.3, -0.25) is 5.32 Å². The second kappa shape index (κ2) is 6.63. The van der Waals surface area contributed by atoms with Gasteiger partial charge in [-0.1, -0.05) is 41.7 Å². The molecule has 1 atom stereocenters. The molecule has 0 fully saturated rings. The summed E-state index contributed by atoms with van der Waals surface area (Å²) < 4.78 is 0. The number of hydrogen-bond acceptors (Lipinski definition) is 6. The summed E-state index contributed by atoms with van der Waals surface area (Å²) in [6, 6.07) is 9.45. The predicted molar refractivity (Wildman–Crippen MR) is 88.0 cm³/mol. The van der Waals surface area contributed by atoms with E-state index in [1.165, 1.54) is 22.7 Å². The van der Waals surface area contributed by atoms with Crippen molar-refractivity contribution in [3.63, 3.8) is 0 Å². The van der Waals surface area contributed by atoms with Crippen LogP contribution in [-0.2, 0) is 0 Å². The highest BCUT2D eigenvalue weighted by Gasteiger charge is 2.14. The van der Waals surface area contributed by atoms with Crippen molar-refractivity contribution in [2.24, 2.45) is 0 Å². The first-order valence-corrected chi connectivity index (χ1v) is 8.33. The van der Waals surface area contributed by atoms with Crippen LogP contribution in [0, 0.1) is 0 Å². The summed E-state index contributed by atoms with van der Waals surface area (Å²) in [5, 5.41) is 16.2. The van der Waals surface area contributed by atoms with Crippen LogP contribution in [0.5, 0.6) is 0 Å². The molecule has 0 aliphatic carbocycles. The zero-order valence-electron chi connectivity index (χ0n) is 11.7. The summed E-state index contributed by atoms with van der Waals surface area (Å²) in [6.45, 7) is 1.90. The fourth-order valence-electron chi connectivity index (χ4n) is 1.85. The van der Waals surface area contributed by atoms with Crippen molar-refractivity contribution in [2.45, 2.75) is 13.0 Å². The fourth-order valence-corrected chi connectivity index (χ4v) is 3.12. The van der Waals surface area contributed by atoms with E-state index in [9.17, 15) is 4.79 Å². The van der Waals surface area contributed by atoms with Crippen LogP contribution in [0.3, 0.4) is 0 Å². The van der Waals surface area contributed by atoms with E-state index in [4.69, 9.17) is 0 Å². The van der Waals surface area contributed by atoms with Gasteiger partial charge in [0.15, 0.2) is 0 Å². The van der Waals surface area contributed by atoms with Crippen molar-refractivity contribution in [3.8, 4) is 11.3 Å². The molecule has 0 aliphatic rings. The lowest BCUT2D eigenvalue weighted by Gasteiger charge is -2.10.